The predicted molar refractivity (Wildman–Crippen MR) is 77.5 cm³/mol. The number of carbonyl (C=O) groups is 2. The monoisotopic (exact) mass is 285 g/mol. The van der Waals surface area contributed by atoms with E-state index in [-0.39, 0.29) is 18.0 Å². The lowest BCUT2D eigenvalue weighted by molar-refractivity contribution is -0.122. The molecule has 1 atom stereocenters. The Hall–Kier alpha value is -1.30. The van der Waals surface area contributed by atoms with Crippen LogP contribution in [0, 0.1) is 0 Å². The highest BCUT2D eigenvalue weighted by Crippen LogP contribution is 2.15. The zero-order valence-electron chi connectivity index (χ0n) is 13.2. The molecule has 0 aromatic heterocycles. The summed E-state index contributed by atoms with van der Waals surface area (Å²) in [6.07, 6.45) is 1.48. The van der Waals surface area contributed by atoms with Gasteiger partial charge in [-0.1, -0.05) is 0 Å². The Morgan fingerprint density at radius 1 is 1.35 bits per heavy atom. The quantitative estimate of drug-likeness (QED) is 0.842. The number of hydrogen-bond acceptors (Lipinski definition) is 4. The molecule has 0 spiro atoms. The van der Waals surface area contributed by atoms with Crippen LogP contribution in [0.3, 0.4) is 0 Å². The van der Waals surface area contributed by atoms with E-state index in [9.17, 15) is 9.59 Å². The molecule has 2 amide bonds. The Balaban J connectivity index is 2.46. The first-order chi connectivity index (χ1) is 9.17. The first kappa shape index (κ1) is 16.8. The topological polar surface area (TPSA) is 61.9 Å². The zero-order valence-corrected chi connectivity index (χ0v) is 13.2. The largest absolute Gasteiger partial charge is 0.444 e. The van der Waals surface area contributed by atoms with Crippen molar-refractivity contribution in [2.24, 2.45) is 0 Å². The summed E-state index contributed by atoms with van der Waals surface area (Å²) in [5, 5.41) is 2.97. The molecule has 0 aromatic rings. The van der Waals surface area contributed by atoms with E-state index in [1.807, 2.05) is 39.8 Å². The summed E-state index contributed by atoms with van der Waals surface area (Å²) in [4.78, 5) is 27.2. The molecular weight excluding hydrogens is 258 g/mol. The predicted octanol–water partition coefficient (Wildman–Crippen LogP) is 1.06. The van der Waals surface area contributed by atoms with Crippen molar-refractivity contribution in [3.63, 3.8) is 0 Å². The maximum atomic E-state index is 12.0. The van der Waals surface area contributed by atoms with E-state index in [1.165, 1.54) is 0 Å². The Morgan fingerprint density at radius 3 is 2.55 bits per heavy atom. The molecule has 1 N–H and O–H groups in total. The molecule has 0 bridgehead atoms. The molecule has 1 heterocycles. The highest BCUT2D eigenvalue weighted by molar-refractivity contribution is 5.78. The zero-order chi connectivity index (χ0) is 15.3. The van der Waals surface area contributed by atoms with Gasteiger partial charge in [0.15, 0.2) is 0 Å². The lowest BCUT2D eigenvalue weighted by Crippen LogP contribution is -2.51. The van der Waals surface area contributed by atoms with Crippen LogP contribution in [0.15, 0.2) is 0 Å². The van der Waals surface area contributed by atoms with Gasteiger partial charge in [0.05, 0.1) is 6.54 Å². The van der Waals surface area contributed by atoms with Gasteiger partial charge < -0.3 is 19.9 Å². The van der Waals surface area contributed by atoms with Gasteiger partial charge in [0.2, 0.25) is 5.91 Å². The fourth-order valence-corrected chi connectivity index (χ4v) is 2.15. The molecule has 1 rings (SSSR count). The second-order valence-corrected chi connectivity index (χ2v) is 6.57. The first-order valence-electron chi connectivity index (χ1n) is 7.09. The normalized spacial score (nSPS) is 19.9. The van der Waals surface area contributed by atoms with E-state index < -0.39 is 5.60 Å². The summed E-state index contributed by atoms with van der Waals surface area (Å²) in [7, 11) is 3.71. The number of likely N-dealkylation sites (tertiary alicyclic amines) is 1. The van der Waals surface area contributed by atoms with Crippen molar-refractivity contribution >= 4 is 12.0 Å². The number of nitrogens with zero attached hydrogens (tertiary/aromatic N) is 2. The van der Waals surface area contributed by atoms with Gasteiger partial charge in [-0.25, -0.2) is 4.79 Å². The van der Waals surface area contributed by atoms with Gasteiger partial charge in [0, 0.05) is 19.1 Å². The van der Waals surface area contributed by atoms with Crippen molar-refractivity contribution in [1.82, 2.24) is 15.1 Å². The third-order valence-corrected chi connectivity index (χ3v) is 2.90. The number of amides is 2. The van der Waals surface area contributed by atoms with Crippen molar-refractivity contribution in [1.29, 1.82) is 0 Å². The smallest absolute Gasteiger partial charge is 0.410 e. The summed E-state index contributed by atoms with van der Waals surface area (Å²) >= 11 is 0. The minimum atomic E-state index is -0.488. The minimum Gasteiger partial charge on any atom is -0.444 e. The number of ether oxygens (including phenoxy) is 1. The summed E-state index contributed by atoms with van der Waals surface area (Å²) in [5.74, 6) is -0.00830. The Labute approximate surface area is 121 Å². The van der Waals surface area contributed by atoms with Crippen molar-refractivity contribution < 1.29 is 14.3 Å². The van der Waals surface area contributed by atoms with E-state index in [4.69, 9.17) is 4.74 Å². The number of hydrogen-bond donors (Lipinski definition) is 1. The fraction of sp³-hybridized carbons (Fsp3) is 0.857. The Bertz CT molecular complexity index is 350. The van der Waals surface area contributed by atoms with E-state index in [2.05, 4.69) is 5.32 Å². The fourth-order valence-electron chi connectivity index (χ4n) is 2.15. The first-order valence-corrected chi connectivity index (χ1v) is 7.09. The van der Waals surface area contributed by atoms with Crippen LogP contribution in [-0.2, 0) is 9.53 Å². The lowest BCUT2D eigenvalue weighted by Gasteiger charge is -2.34. The Kier molecular flexibility index (Phi) is 5.80. The molecule has 6 heteroatoms. The SMILES string of the molecule is CN(C)CC(=O)N[C@H]1CCCN(C(=O)OC(C)(C)C)C1. The summed E-state index contributed by atoms with van der Waals surface area (Å²) < 4.78 is 5.36. The standard InChI is InChI=1S/C14H27N3O3/c1-14(2,3)20-13(19)17-8-6-7-11(9-17)15-12(18)10-16(4)5/h11H,6-10H2,1-5H3,(H,15,18)/t11-/m0/s1. The number of rotatable bonds is 3. The van der Waals surface area contributed by atoms with Crippen LogP contribution in [0.1, 0.15) is 33.6 Å². The van der Waals surface area contributed by atoms with Crippen LogP contribution in [-0.4, -0.2) is 67.2 Å². The molecule has 116 valence electrons. The maximum Gasteiger partial charge on any atom is 0.410 e. The van der Waals surface area contributed by atoms with Crippen LogP contribution < -0.4 is 5.32 Å². The van der Waals surface area contributed by atoms with Gasteiger partial charge in [-0.3, -0.25) is 4.79 Å². The third kappa shape index (κ3) is 6.23. The summed E-state index contributed by atoms with van der Waals surface area (Å²) in [5.41, 5.74) is -0.488. The number of nitrogens with one attached hydrogen (secondary N) is 1. The summed E-state index contributed by atoms with van der Waals surface area (Å²) in [6.45, 7) is 7.13. The van der Waals surface area contributed by atoms with E-state index in [0.29, 0.717) is 19.6 Å². The average Bonchev–Trinajstić information content (AvgIpc) is 2.25. The highest BCUT2D eigenvalue weighted by Gasteiger charge is 2.28. The maximum absolute atomic E-state index is 12.0. The van der Waals surface area contributed by atoms with Gasteiger partial charge in [-0.15, -0.1) is 0 Å². The summed E-state index contributed by atoms with van der Waals surface area (Å²) in [6, 6.07) is 0.0173. The van der Waals surface area contributed by atoms with Crippen molar-refractivity contribution in [3.8, 4) is 0 Å². The van der Waals surface area contributed by atoms with Gasteiger partial charge in [-0.2, -0.15) is 0 Å². The van der Waals surface area contributed by atoms with Crippen molar-refractivity contribution in [2.45, 2.75) is 45.3 Å². The molecule has 20 heavy (non-hydrogen) atoms. The van der Waals surface area contributed by atoms with Crippen molar-refractivity contribution in [3.05, 3.63) is 0 Å². The lowest BCUT2D eigenvalue weighted by atomic mass is 10.1. The second-order valence-electron chi connectivity index (χ2n) is 6.57. The average molecular weight is 285 g/mol. The molecule has 1 saturated heterocycles. The van der Waals surface area contributed by atoms with Gasteiger partial charge in [0.1, 0.15) is 5.60 Å². The molecule has 0 aromatic carbocycles. The van der Waals surface area contributed by atoms with E-state index >= 15 is 0 Å². The third-order valence-electron chi connectivity index (χ3n) is 2.90. The molecule has 0 unspecified atom stereocenters. The number of piperidine rings is 1. The van der Waals surface area contributed by atoms with E-state index in [1.54, 1.807) is 4.90 Å². The van der Waals surface area contributed by atoms with Crippen LogP contribution in [0.4, 0.5) is 4.79 Å². The second kappa shape index (κ2) is 6.92. The van der Waals surface area contributed by atoms with Gasteiger partial charge in [0.25, 0.3) is 0 Å². The van der Waals surface area contributed by atoms with Crippen LogP contribution in [0.25, 0.3) is 0 Å². The highest BCUT2D eigenvalue weighted by atomic mass is 16.6. The molecule has 6 nitrogen and oxygen atoms in total. The van der Waals surface area contributed by atoms with Crippen molar-refractivity contribution in [2.75, 3.05) is 33.7 Å². The van der Waals surface area contributed by atoms with Crippen LogP contribution in [0.2, 0.25) is 0 Å². The molecule has 1 aliphatic heterocycles. The molecule has 0 radical (unpaired) electrons. The molecular formula is C14H27N3O3. The molecule has 0 aliphatic carbocycles. The van der Waals surface area contributed by atoms with Gasteiger partial charge >= 0.3 is 6.09 Å². The van der Waals surface area contributed by atoms with Crippen LogP contribution in [0.5, 0.6) is 0 Å². The minimum absolute atomic E-state index is 0.00830. The number of likely N-dealkylation sites (N-methyl/N-ethyl adjacent to an activating group) is 1. The van der Waals surface area contributed by atoms with Crippen LogP contribution >= 0.6 is 0 Å². The van der Waals surface area contributed by atoms with E-state index in [0.717, 1.165) is 12.8 Å². The Morgan fingerprint density at radius 2 is 2.00 bits per heavy atom. The number of carbonyl (C=O) groups excluding carboxylic acids is 2. The molecule has 0 saturated carbocycles. The molecule has 1 fully saturated rings. The van der Waals surface area contributed by atoms with Gasteiger partial charge in [-0.05, 0) is 47.7 Å². The molecule has 1 aliphatic rings.